The first-order chi connectivity index (χ1) is 11.1. The molecule has 1 fully saturated rings. The van der Waals surface area contributed by atoms with E-state index in [1.165, 1.54) is 24.7 Å². The van der Waals surface area contributed by atoms with Crippen LogP contribution in [0.15, 0.2) is 24.7 Å². The minimum Gasteiger partial charge on any atom is -0.417 e. The average molecular weight is 325 g/mol. The van der Waals surface area contributed by atoms with Crippen LogP contribution in [-0.4, -0.2) is 57.3 Å². The number of amides is 1. The number of nitrogens with one attached hydrogen (secondary N) is 1. The van der Waals surface area contributed by atoms with Crippen LogP contribution in [0.1, 0.15) is 22.2 Å². The van der Waals surface area contributed by atoms with Crippen LogP contribution in [0.5, 0.6) is 5.88 Å². The fourth-order valence-corrected chi connectivity index (χ4v) is 2.28. The molecular weight excluding hydrogens is 312 g/mol. The lowest BCUT2D eigenvalue weighted by atomic mass is 10.1. The number of carbonyl (C=O) groups is 1. The van der Waals surface area contributed by atoms with Crippen molar-refractivity contribution in [2.45, 2.75) is 12.7 Å². The maximum atomic E-state index is 12.6. The van der Waals surface area contributed by atoms with Crippen LogP contribution in [0.4, 0.5) is 8.78 Å². The minimum absolute atomic E-state index is 0.245. The molecule has 0 aliphatic carbocycles. The number of H-pyrrole nitrogens is 1. The third-order valence-corrected chi connectivity index (χ3v) is 3.33. The number of alkyl halides is 2. The zero-order chi connectivity index (χ0) is 16.2. The summed E-state index contributed by atoms with van der Waals surface area (Å²) in [5.74, 6) is -0.0280. The Morgan fingerprint density at radius 3 is 2.96 bits per heavy atom. The van der Waals surface area contributed by atoms with Gasteiger partial charge in [0, 0.05) is 18.8 Å². The molecule has 1 atom stereocenters. The smallest absolute Gasteiger partial charge is 0.388 e. The van der Waals surface area contributed by atoms with Crippen molar-refractivity contribution in [1.82, 2.24) is 25.1 Å². The van der Waals surface area contributed by atoms with Crippen LogP contribution in [0.25, 0.3) is 0 Å². The summed E-state index contributed by atoms with van der Waals surface area (Å²) in [5, 5.41) is 6.49. The standard InChI is InChI=1S/C13H13F2N5O3/c14-13(15)23-10-2-1-8(5-16-10)12(21)20-3-4-22-6-9(20)11-17-7-18-19-11/h1-2,5,7,9,13H,3-4,6H2,(H,17,18,19). The molecule has 1 aliphatic heterocycles. The van der Waals surface area contributed by atoms with E-state index in [4.69, 9.17) is 4.74 Å². The monoisotopic (exact) mass is 325 g/mol. The van der Waals surface area contributed by atoms with Crippen molar-refractivity contribution in [3.8, 4) is 5.88 Å². The molecular formula is C13H13F2N5O3. The predicted molar refractivity (Wildman–Crippen MR) is 71.8 cm³/mol. The lowest BCUT2D eigenvalue weighted by Gasteiger charge is -2.34. The highest BCUT2D eigenvalue weighted by molar-refractivity contribution is 5.94. The second kappa shape index (κ2) is 6.65. The van der Waals surface area contributed by atoms with E-state index in [2.05, 4.69) is 24.9 Å². The van der Waals surface area contributed by atoms with Gasteiger partial charge in [-0.1, -0.05) is 0 Å². The van der Waals surface area contributed by atoms with E-state index in [9.17, 15) is 13.6 Å². The van der Waals surface area contributed by atoms with Crippen LogP contribution < -0.4 is 4.74 Å². The number of aromatic nitrogens is 4. The quantitative estimate of drug-likeness (QED) is 0.902. The minimum atomic E-state index is -2.96. The fourth-order valence-electron chi connectivity index (χ4n) is 2.28. The summed E-state index contributed by atoms with van der Waals surface area (Å²) < 4.78 is 33.8. The lowest BCUT2D eigenvalue weighted by Crippen LogP contribution is -2.43. The maximum absolute atomic E-state index is 12.6. The Bertz CT molecular complexity index is 650. The van der Waals surface area contributed by atoms with Gasteiger partial charge in [0.15, 0.2) is 0 Å². The molecule has 1 saturated heterocycles. The van der Waals surface area contributed by atoms with E-state index >= 15 is 0 Å². The molecule has 1 unspecified atom stereocenters. The van der Waals surface area contributed by atoms with Crippen LogP contribution >= 0.6 is 0 Å². The van der Waals surface area contributed by atoms with Gasteiger partial charge in [0.2, 0.25) is 5.88 Å². The molecule has 0 radical (unpaired) electrons. The number of morpholine rings is 1. The Balaban J connectivity index is 1.77. The Labute approximate surface area is 129 Å². The van der Waals surface area contributed by atoms with Crippen LogP contribution in [0.3, 0.4) is 0 Å². The van der Waals surface area contributed by atoms with E-state index in [1.807, 2.05) is 0 Å². The normalized spacial score (nSPS) is 18.2. The summed E-state index contributed by atoms with van der Waals surface area (Å²) in [5.41, 5.74) is 0.262. The summed E-state index contributed by atoms with van der Waals surface area (Å²) >= 11 is 0. The second-order valence-corrected chi connectivity index (χ2v) is 4.72. The van der Waals surface area contributed by atoms with E-state index < -0.39 is 12.7 Å². The van der Waals surface area contributed by atoms with Crippen molar-refractivity contribution in [2.75, 3.05) is 19.8 Å². The zero-order valence-corrected chi connectivity index (χ0v) is 11.9. The Morgan fingerprint density at radius 1 is 1.43 bits per heavy atom. The number of rotatable bonds is 4. The summed E-state index contributed by atoms with van der Waals surface area (Å²) in [7, 11) is 0. The van der Waals surface area contributed by atoms with Gasteiger partial charge in [0.05, 0.1) is 18.8 Å². The summed E-state index contributed by atoms with van der Waals surface area (Å²) in [4.78, 5) is 22.0. The molecule has 0 spiro atoms. The van der Waals surface area contributed by atoms with Crippen molar-refractivity contribution >= 4 is 5.91 Å². The number of pyridine rings is 1. The molecule has 2 aromatic heterocycles. The Kier molecular flexibility index (Phi) is 4.42. The second-order valence-electron chi connectivity index (χ2n) is 4.72. The van der Waals surface area contributed by atoms with Crippen molar-refractivity contribution in [1.29, 1.82) is 0 Å². The maximum Gasteiger partial charge on any atom is 0.388 e. The highest BCUT2D eigenvalue weighted by Gasteiger charge is 2.31. The molecule has 0 bridgehead atoms. The molecule has 1 N–H and O–H groups in total. The third-order valence-electron chi connectivity index (χ3n) is 3.33. The van der Waals surface area contributed by atoms with Gasteiger partial charge in [-0.25, -0.2) is 9.97 Å². The number of halogens is 2. The third kappa shape index (κ3) is 3.42. The Hall–Kier alpha value is -2.62. The first kappa shape index (κ1) is 15.3. The van der Waals surface area contributed by atoms with Crippen molar-refractivity contribution in [2.24, 2.45) is 0 Å². The van der Waals surface area contributed by atoms with Crippen LogP contribution in [0, 0.1) is 0 Å². The number of aromatic amines is 1. The van der Waals surface area contributed by atoms with E-state index in [0.717, 1.165) is 0 Å². The van der Waals surface area contributed by atoms with Gasteiger partial charge < -0.3 is 14.4 Å². The molecule has 3 heterocycles. The average Bonchev–Trinajstić information content (AvgIpc) is 3.09. The highest BCUT2D eigenvalue weighted by atomic mass is 19.3. The van der Waals surface area contributed by atoms with Crippen molar-refractivity contribution in [3.05, 3.63) is 36.0 Å². The van der Waals surface area contributed by atoms with Gasteiger partial charge in [-0.3, -0.25) is 9.89 Å². The molecule has 0 saturated carbocycles. The number of ether oxygens (including phenoxy) is 2. The van der Waals surface area contributed by atoms with Gasteiger partial charge >= 0.3 is 6.61 Å². The van der Waals surface area contributed by atoms with Crippen LogP contribution in [-0.2, 0) is 4.74 Å². The predicted octanol–water partition coefficient (Wildman–Crippen LogP) is 1.01. The molecule has 10 heteroatoms. The molecule has 1 amide bonds. The van der Waals surface area contributed by atoms with E-state index in [0.29, 0.717) is 25.6 Å². The molecule has 0 aromatic carbocycles. The number of nitrogens with zero attached hydrogens (tertiary/aromatic N) is 4. The first-order valence-electron chi connectivity index (χ1n) is 6.80. The van der Waals surface area contributed by atoms with E-state index in [-0.39, 0.29) is 17.4 Å². The summed E-state index contributed by atoms with van der Waals surface area (Å²) in [6.45, 7) is -1.89. The molecule has 1 aliphatic rings. The number of hydrogen-bond donors (Lipinski definition) is 1. The molecule has 3 rings (SSSR count). The van der Waals surface area contributed by atoms with Crippen LogP contribution in [0.2, 0.25) is 0 Å². The summed E-state index contributed by atoms with van der Waals surface area (Å²) in [6, 6.07) is 2.22. The number of carbonyl (C=O) groups excluding carboxylic acids is 1. The van der Waals surface area contributed by atoms with Gasteiger partial charge in [-0.2, -0.15) is 13.9 Å². The van der Waals surface area contributed by atoms with Gasteiger partial charge in [0.25, 0.3) is 5.91 Å². The first-order valence-corrected chi connectivity index (χ1v) is 6.80. The largest absolute Gasteiger partial charge is 0.417 e. The number of hydrogen-bond acceptors (Lipinski definition) is 6. The van der Waals surface area contributed by atoms with Gasteiger partial charge in [-0.05, 0) is 6.07 Å². The summed E-state index contributed by atoms with van der Waals surface area (Å²) in [6.07, 6.45) is 2.55. The Morgan fingerprint density at radius 2 is 2.30 bits per heavy atom. The highest BCUT2D eigenvalue weighted by Crippen LogP contribution is 2.23. The SMILES string of the molecule is O=C(c1ccc(OC(F)F)nc1)N1CCOCC1c1ncn[nH]1. The van der Waals surface area contributed by atoms with Gasteiger partial charge in [-0.15, -0.1) is 0 Å². The zero-order valence-electron chi connectivity index (χ0n) is 11.9. The fraction of sp³-hybridized carbons (Fsp3) is 0.385. The molecule has 122 valence electrons. The molecule has 23 heavy (non-hydrogen) atoms. The van der Waals surface area contributed by atoms with Crippen molar-refractivity contribution < 1.29 is 23.0 Å². The molecule has 8 nitrogen and oxygen atoms in total. The molecule has 2 aromatic rings. The lowest BCUT2D eigenvalue weighted by molar-refractivity contribution is -0.0528. The van der Waals surface area contributed by atoms with E-state index in [1.54, 1.807) is 4.90 Å². The van der Waals surface area contributed by atoms with Crippen molar-refractivity contribution in [3.63, 3.8) is 0 Å². The van der Waals surface area contributed by atoms with Gasteiger partial charge in [0.1, 0.15) is 18.2 Å². The topological polar surface area (TPSA) is 93.2 Å².